The van der Waals surface area contributed by atoms with Crippen molar-refractivity contribution in [2.75, 3.05) is 0 Å². The van der Waals surface area contributed by atoms with Gasteiger partial charge in [0.05, 0.1) is 19.0 Å². The van der Waals surface area contributed by atoms with Crippen molar-refractivity contribution in [3.8, 4) is 10.6 Å². The minimum Gasteiger partial charge on any atom is -0.247 e. The van der Waals surface area contributed by atoms with Crippen molar-refractivity contribution in [2.45, 2.75) is 0 Å². The van der Waals surface area contributed by atoms with E-state index in [1.807, 2.05) is 12.1 Å². The van der Waals surface area contributed by atoms with Gasteiger partial charge in [0.25, 0.3) is 0 Å². The van der Waals surface area contributed by atoms with Crippen LogP contribution in [-0.4, -0.2) is 4.98 Å². The highest BCUT2D eigenvalue weighted by molar-refractivity contribution is 14.1. The van der Waals surface area contributed by atoms with Crippen molar-refractivity contribution in [1.82, 2.24) is 4.98 Å². The van der Waals surface area contributed by atoms with Crippen LogP contribution >= 0.6 is 33.9 Å². The average molecular weight is 337 g/mol. The largest absolute Gasteiger partial charge is 0.247 e. The van der Waals surface area contributed by atoms with Gasteiger partial charge in [0.2, 0.25) is 0 Å². The highest BCUT2D eigenvalue weighted by Crippen LogP contribution is 2.28. The molecule has 3 rings (SSSR count). The quantitative estimate of drug-likeness (QED) is 0.593. The van der Waals surface area contributed by atoms with Gasteiger partial charge in [-0.15, -0.1) is 11.3 Å². The lowest BCUT2D eigenvalue weighted by Crippen LogP contribution is -1.81. The van der Waals surface area contributed by atoms with Crippen LogP contribution in [0.15, 0.2) is 48.5 Å². The van der Waals surface area contributed by atoms with Crippen LogP contribution in [0, 0.1) is 2.88 Å². The fourth-order valence-electron chi connectivity index (χ4n) is 1.66. The molecule has 1 aromatic carbocycles. The minimum atomic E-state index is 1.06. The Bertz CT molecular complexity index is 645. The second-order valence-corrected chi connectivity index (χ2v) is 6.47. The van der Waals surface area contributed by atoms with E-state index < -0.39 is 0 Å². The van der Waals surface area contributed by atoms with Crippen LogP contribution in [0.3, 0.4) is 0 Å². The Morgan fingerprint density at radius 1 is 0.938 bits per heavy atom. The Morgan fingerprint density at radius 2 is 1.81 bits per heavy atom. The number of halogens is 1. The molecule has 78 valence electrons. The third-order valence-electron chi connectivity index (χ3n) is 2.42. The Kier molecular flexibility index (Phi) is 2.65. The third kappa shape index (κ3) is 1.85. The first-order valence-corrected chi connectivity index (χ1v) is 6.84. The number of fused-ring (bicyclic) bond motifs is 1. The summed E-state index contributed by atoms with van der Waals surface area (Å²) >= 11 is 4.11. The summed E-state index contributed by atoms with van der Waals surface area (Å²) in [6, 6.07) is 16.7. The SMILES string of the molecule is Ic1ccc(-c2ccc3ccccc3n2)s1. The Morgan fingerprint density at radius 3 is 2.62 bits per heavy atom. The first-order valence-electron chi connectivity index (χ1n) is 4.94. The number of thiophene rings is 1. The van der Waals surface area contributed by atoms with Gasteiger partial charge in [-0.3, -0.25) is 0 Å². The maximum absolute atomic E-state index is 4.67. The summed E-state index contributed by atoms with van der Waals surface area (Å²) in [5.41, 5.74) is 2.12. The van der Waals surface area contributed by atoms with Gasteiger partial charge in [0.15, 0.2) is 0 Å². The van der Waals surface area contributed by atoms with Crippen molar-refractivity contribution >= 4 is 44.8 Å². The van der Waals surface area contributed by atoms with E-state index in [-0.39, 0.29) is 0 Å². The summed E-state index contributed by atoms with van der Waals surface area (Å²) in [5.74, 6) is 0. The molecule has 0 radical (unpaired) electrons. The molecule has 0 fully saturated rings. The van der Waals surface area contributed by atoms with Crippen LogP contribution in [0.5, 0.6) is 0 Å². The standard InChI is InChI=1S/C13H8INS/c14-13-8-7-12(16-13)11-6-5-9-3-1-2-4-10(9)15-11/h1-8H. The molecule has 2 heterocycles. The predicted octanol–water partition coefficient (Wildman–Crippen LogP) is 4.57. The van der Waals surface area contributed by atoms with E-state index in [0.717, 1.165) is 11.2 Å². The fourth-order valence-corrected chi connectivity index (χ4v) is 3.25. The number of nitrogens with zero attached hydrogens (tertiary/aromatic N) is 1. The zero-order chi connectivity index (χ0) is 11.0. The molecule has 0 spiro atoms. The van der Waals surface area contributed by atoms with Crippen molar-refractivity contribution in [1.29, 1.82) is 0 Å². The van der Waals surface area contributed by atoms with E-state index in [2.05, 4.69) is 64.0 Å². The second-order valence-electron chi connectivity index (χ2n) is 3.49. The molecule has 16 heavy (non-hydrogen) atoms. The van der Waals surface area contributed by atoms with E-state index in [9.17, 15) is 0 Å². The van der Waals surface area contributed by atoms with Gasteiger partial charge in [-0.25, -0.2) is 4.98 Å². The first-order chi connectivity index (χ1) is 7.83. The lowest BCUT2D eigenvalue weighted by molar-refractivity contribution is 1.42. The van der Waals surface area contributed by atoms with Crippen LogP contribution < -0.4 is 0 Å². The molecule has 0 aliphatic carbocycles. The summed E-state index contributed by atoms with van der Waals surface area (Å²) in [5, 5.41) is 1.19. The van der Waals surface area contributed by atoms with Gasteiger partial charge in [-0.1, -0.05) is 24.3 Å². The molecule has 0 atom stereocenters. The number of para-hydroxylation sites is 1. The lowest BCUT2D eigenvalue weighted by atomic mass is 10.2. The van der Waals surface area contributed by atoms with E-state index in [1.54, 1.807) is 11.3 Å². The predicted molar refractivity (Wildman–Crippen MR) is 77.8 cm³/mol. The second kappa shape index (κ2) is 4.14. The molecule has 3 heteroatoms. The van der Waals surface area contributed by atoms with E-state index >= 15 is 0 Å². The summed E-state index contributed by atoms with van der Waals surface area (Å²) < 4.78 is 1.29. The molecular formula is C13H8INS. The third-order valence-corrected chi connectivity index (χ3v) is 4.34. The highest BCUT2D eigenvalue weighted by Gasteiger charge is 2.03. The number of hydrogen-bond acceptors (Lipinski definition) is 2. The Balaban J connectivity index is 2.18. The molecule has 0 amide bonds. The molecule has 0 saturated carbocycles. The first kappa shape index (κ1) is 10.2. The number of hydrogen-bond donors (Lipinski definition) is 0. The number of pyridine rings is 1. The number of benzene rings is 1. The molecule has 0 bridgehead atoms. The highest BCUT2D eigenvalue weighted by atomic mass is 127. The molecule has 2 aromatic heterocycles. The summed E-state index contributed by atoms with van der Waals surface area (Å²) in [6.07, 6.45) is 0. The molecular weight excluding hydrogens is 329 g/mol. The fraction of sp³-hybridized carbons (Fsp3) is 0. The van der Waals surface area contributed by atoms with Crippen LogP contribution in [0.4, 0.5) is 0 Å². The molecule has 0 aliphatic heterocycles. The Hall–Kier alpha value is -0.940. The molecule has 0 aliphatic rings. The van der Waals surface area contributed by atoms with Crippen molar-refractivity contribution < 1.29 is 0 Å². The van der Waals surface area contributed by atoms with E-state index in [1.165, 1.54) is 13.1 Å². The van der Waals surface area contributed by atoms with Crippen LogP contribution in [0.2, 0.25) is 0 Å². The van der Waals surface area contributed by atoms with Crippen LogP contribution in [0.1, 0.15) is 0 Å². The van der Waals surface area contributed by atoms with Crippen LogP contribution in [-0.2, 0) is 0 Å². The summed E-state index contributed by atoms with van der Waals surface area (Å²) in [6.45, 7) is 0. The zero-order valence-corrected chi connectivity index (χ0v) is 11.3. The van der Waals surface area contributed by atoms with Crippen molar-refractivity contribution in [3.63, 3.8) is 0 Å². The smallest absolute Gasteiger partial charge is 0.0809 e. The lowest BCUT2D eigenvalue weighted by Gasteiger charge is -1.99. The molecule has 0 unspecified atom stereocenters. The van der Waals surface area contributed by atoms with Gasteiger partial charge < -0.3 is 0 Å². The van der Waals surface area contributed by atoms with E-state index in [0.29, 0.717) is 0 Å². The molecule has 0 N–H and O–H groups in total. The van der Waals surface area contributed by atoms with Crippen LogP contribution in [0.25, 0.3) is 21.5 Å². The van der Waals surface area contributed by atoms with Gasteiger partial charge >= 0.3 is 0 Å². The average Bonchev–Trinajstić information content (AvgIpc) is 2.75. The monoisotopic (exact) mass is 337 g/mol. The number of rotatable bonds is 1. The van der Waals surface area contributed by atoms with Crippen molar-refractivity contribution in [2.24, 2.45) is 0 Å². The summed E-state index contributed by atoms with van der Waals surface area (Å²) in [4.78, 5) is 5.90. The van der Waals surface area contributed by atoms with Gasteiger partial charge in [0, 0.05) is 5.39 Å². The summed E-state index contributed by atoms with van der Waals surface area (Å²) in [7, 11) is 0. The normalized spacial score (nSPS) is 10.8. The topological polar surface area (TPSA) is 12.9 Å². The van der Waals surface area contributed by atoms with Crippen molar-refractivity contribution in [3.05, 3.63) is 51.4 Å². The maximum Gasteiger partial charge on any atom is 0.0809 e. The number of aromatic nitrogens is 1. The van der Waals surface area contributed by atoms with Gasteiger partial charge in [-0.05, 0) is 46.9 Å². The molecule has 3 aromatic rings. The maximum atomic E-state index is 4.67. The Labute approximate surface area is 111 Å². The minimum absolute atomic E-state index is 1.06. The van der Waals surface area contributed by atoms with Gasteiger partial charge in [0.1, 0.15) is 0 Å². The zero-order valence-electron chi connectivity index (χ0n) is 8.35. The van der Waals surface area contributed by atoms with Gasteiger partial charge in [-0.2, -0.15) is 0 Å². The molecule has 0 saturated heterocycles. The van der Waals surface area contributed by atoms with E-state index in [4.69, 9.17) is 0 Å². The molecule has 1 nitrogen and oxygen atoms in total.